The van der Waals surface area contributed by atoms with Gasteiger partial charge in [-0.1, -0.05) is 11.3 Å². The second-order valence-electron chi connectivity index (χ2n) is 3.76. The summed E-state index contributed by atoms with van der Waals surface area (Å²) in [6.45, 7) is 3.84. The maximum atomic E-state index is 12.2. The molecule has 0 aliphatic carbocycles. The molecule has 0 saturated carbocycles. The van der Waals surface area contributed by atoms with Gasteiger partial charge in [-0.05, 0) is 51.8 Å². The highest BCUT2D eigenvalue weighted by atomic mass is 79.9. The van der Waals surface area contributed by atoms with E-state index >= 15 is 0 Å². The number of nitrogens with zero attached hydrogens (tertiary/aromatic N) is 1. The SMILES string of the molecule is Cc1sc(=O)n(CC(=O)c2cc(Br)sc2Br)c1C. The summed E-state index contributed by atoms with van der Waals surface area (Å²) in [5.74, 6) is -0.0631. The van der Waals surface area contributed by atoms with Crippen LogP contribution in [0.4, 0.5) is 0 Å². The summed E-state index contributed by atoms with van der Waals surface area (Å²) < 4.78 is 3.21. The molecule has 2 rings (SSSR count). The molecule has 0 aromatic carbocycles. The first kappa shape index (κ1) is 14.2. The molecular formula is C11H9Br2NO2S2. The van der Waals surface area contributed by atoms with Crippen molar-refractivity contribution >= 4 is 60.3 Å². The number of hydrogen-bond acceptors (Lipinski definition) is 4. The Morgan fingerprint density at radius 2 is 2.00 bits per heavy atom. The van der Waals surface area contributed by atoms with E-state index in [9.17, 15) is 9.59 Å². The van der Waals surface area contributed by atoms with Crippen LogP contribution in [0.15, 0.2) is 18.4 Å². The topological polar surface area (TPSA) is 39.1 Å². The number of thiazole rings is 1. The second-order valence-corrected chi connectivity index (χ2v) is 8.67. The van der Waals surface area contributed by atoms with Crippen molar-refractivity contribution in [3.05, 3.63) is 39.4 Å². The standard InChI is InChI=1S/C11H9Br2NO2S2/c1-5-6(2)17-11(16)14(5)4-8(15)7-3-9(12)18-10(7)13/h3H,4H2,1-2H3. The fourth-order valence-electron chi connectivity index (χ4n) is 1.53. The Kier molecular flexibility index (Phi) is 4.25. The van der Waals surface area contributed by atoms with E-state index in [-0.39, 0.29) is 17.2 Å². The molecule has 18 heavy (non-hydrogen) atoms. The fraction of sp³-hybridized carbons (Fsp3) is 0.273. The van der Waals surface area contributed by atoms with Gasteiger partial charge in [0.25, 0.3) is 0 Å². The average Bonchev–Trinajstić information content (AvgIpc) is 2.73. The van der Waals surface area contributed by atoms with E-state index in [4.69, 9.17) is 0 Å². The summed E-state index contributed by atoms with van der Waals surface area (Å²) in [7, 11) is 0. The molecule has 0 saturated heterocycles. The molecule has 2 aromatic rings. The first-order valence-electron chi connectivity index (χ1n) is 5.05. The zero-order chi connectivity index (χ0) is 13.4. The van der Waals surface area contributed by atoms with Crippen LogP contribution in [0, 0.1) is 13.8 Å². The lowest BCUT2D eigenvalue weighted by Gasteiger charge is -2.03. The number of carbonyl (C=O) groups is 1. The molecule has 2 aromatic heterocycles. The van der Waals surface area contributed by atoms with E-state index in [0.717, 1.165) is 18.1 Å². The van der Waals surface area contributed by atoms with Gasteiger partial charge in [0.2, 0.25) is 0 Å². The van der Waals surface area contributed by atoms with Crippen molar-refractivity contribution < 1.29 is 4.79 Å². The number of aromatic nitrogens is 1. The lowest BCUT2D eigenvalue weighted by molar-refractivity contribution is 0.0970. The van der Waals surface area contributed by atoms with E-state index in [1.54, 1.807) is 6.07 Å². The number of thiophene rings is 1. The van der Waals surface area contributed by atoms with Crippen LogP contribution in [-0.2, 0) is 6.54 Å². The number of rotatable bonds is 3. The molecule has 0 fully saturated rings. The third-order valence-electron chi connectivity index (χ3n) is 2.63. The summed E-state index contributed by atoms with van der Waals surface area (Å²) in [4.78, 5) is 24.8. The molecule has 0 unspecified atom stereocenters. The van der Waals surface area contributed by atoms with Crippen molar-refractivity contribution in [2.75, 3.05) is 0 Å². The minimum atomic E-state index is -0.0798. The van der Waals surface area contributed by atoms with Crippen LogP contribution in [-0.4, -0.2) is 10.4 Å². The quantitative estimate of drug-likeness (QED) is 0.717. The average molecular weight is 411 g/mol. The van der Waals surface area contributed by atoms with Crippen molar-refractivity contribution in [3.63, 3.8) is 0 Å². The smallest absolute Gasteiger partial charge is 0.295 e. The molecule has 0 atom stereocenters. The Hall–Kier alpha value is -0.240. The van der Waals surface area contributed by atoms with Gasteiger partial charge in [0.1, 0.15) is 0 Å². The Labute approximate surface area is 129 Å². The molecule has 0 aliphatic heterocycles. The molecule has 3 nitrogen and oxygen atoms in total. The molecule has 0 N–H and O–H groups in total. The van der Waals surface area contributed by atoms with Crippen LogP contribution in [0.1, 0.15) is 20.9 Å². The van der Waals surface area contributed by atoms with Gasteiger partial charge in [-0.25, -0.2) is 0 Å². The van der Waals surface area contributed by atoms with Gasteiger partial charge in [-0.3, -0.25) is 14.2 Å². The Balaban J connectivity index is 2.32. The summed E-state index contributed by atoms with van der Waals surface area (Å²) in [5, 5.41) is 0. The number of carbonyl (C=O) groups excluding carboxylic acids is 1. The molecule has 2 heterocycles. The van der Waals surface area contributed by atoms with Gasteiger partial charge in [-0.2, -0.15) is 0 Å². The van der Waals surface area contributed by atoms with Crippen LogP contribution in [0.3, 0.4) is 0 Å². The van der Waals surface area contributed by atoms with Gasteiger partial charge in [-0.15, -0.1) is 11.3 Å². The van der Waals surface area contributed by atoms with E-state index in [1.807, 2.05) is 13.8 Å². The van der Waals surface area contributed by atoms with Gasteiger partial charge < -0.3 is 0 Å². The minimum absolute atomic E-state index is 0.0631. The Morgan fingerprint density at radius 1 is 1.33 bits per heavy atom. The van der Waals surface area contributed by atoms with Crippen molar-refractivity contribution in [1.29, 1.82) is 0 Å². The predicted molar refractivity (Wildman–Crippen MR) is 82.1 cm³/mol. The van der Waals surface area contributed by atoms with Gasteiger partial charge in [0.15, 0.2) is 5.78 Å². The van der Waals surface area contributed by atoms with Crippen molar-refractivity contribution in [3.8, 4) is 0 Å². The molecule has 0 aliphatic rings. The van der Waals surface area contributed by atoms with Crippen molar-refractivity contribution in [2.24, 2.45) is 0 Å². The minimum Gasteiger partial charge on any atom is -0.295 e. The van der Waals surface area contributed by atoms with Crippen molar-refractivity contribution in [2.45, 2.75) is 20.4 Å². The van der Waals surface area contributed by atoms with Gasteiger partial charge >= 0.3 is 4.87 Å². The maximum Gasteiger partial charge on any atom is 0.307 e. The molecule has 0 radical (unpaired) electrons. The first-order valence-corrected chi connectivity index (χ1v) is 8.27. The molecule has 96 valence electrons. The second kappa shape index (κ2) is 5.40. The maximum absolute atomic E-state index is 12.2. The van der Waals surface area contributed by atoms with Crippen LogP contribution >= 0.6 is 54.5 Å². The summed E-state index contributed by atoms with van der Waals surface area (Å²) in [5.41, 5.74) is 1.48. The van der Waals surface area contributed by atoms with Crippen LogP contribution in [0.25, 0.3) is 0 Å². The van der Waals surface area contributed by atoms with Crippen LogP contribution in [0.2, 0.25) is 0 Å². The normalized spacial score (nSPS) is 10.9. The number of hydrogen-bond donors (Lipinski definition) is 0. The number of aryl methyl sites for hydroxylation is 1. The van der Waals surface area contributed by atoms with Crippen LogP contribution in [0.5, 0.6) is 0 Å². The lowest BCUT2D eigenvalue weighted by Crippen LogP contribution is -2.20. The summed E-state index contributed by atoms with van der Waals surface area (Å²) in [6, 6.07) is 1.77. The van der Waals surface area contributed by atoms with E-state index in [0.29, 0.717) is 5.56 Å². The monoisotopic (exact) mass is 409 g/mol. The first-order chi connectivity index (χ1) is 8.40. The van der Waals surface area contributed by atoms with E-state index < -0.39 is 0 Å². The summed E-state index contributed by atoms with van der Waals surface area (Å²) >= 11 is 9.32. The predicted octanol–water partition coefficient (Wildman–Crippen LogP) is 4.00. The van der Waals surface area contributed by atoms with Crippen molar-refractivity contribution in [1.82, 2.24) is 4.57 Å². The number of halogens is 2. The third kappa shape index (κ3) is 2.68. The number of ketones is 1. The van der Waals surface area contributed by atoms with E-state index in [1.165, 1.54) is 27.2 Å². The zero-order valence-corrected chi connectivity index (χ0v) is 14.4. The Morgan fingerprint density at radius 3 is 2.44 bits per heavy atom. The van der Waals surface area contributed by atoms with Gasteiger partial charge in [0, 0.05) is 16.1 Å². The van der Waals surface area contributed by atoms with E-state index in [2.05, 4.69) is 31.9 Å². The fourth-order valence-corrected chi connectivity index (χ4v) is 5.22. The zero-order valence-electron chi connectivity index (χ0n) is 9.62. The molecule has 0 bridgehead atoms. The largest absolute Gasteiger partial charge is 0.307 e. The molecule has 0 spiro atoms. The lowest BCUT2D eigenvalue weighted by atomic mass is 10.2. The summed E-state index contributed by atoms with van der Waals surface area (Å²) in [6.07, 6.45) is 0. The third-order valence-corrected chi connectivity index (χ3v) is 5.97. The van der Waals surface area contributed by atoms with Crippen LogP contribution < -0.4 is 4.87 Å². The number of Topliss-reactive ketones (excluding diaryl/α,β-unsaturated/α-hetero) is 1. The molecule has 7 heteroatoms. The highest BCUT2D eigenvalue weighted by molar-refractivity contribution is 9.12. The highest BCUT2D eigenvalue weighted by Crippen LogP contribution is 2.32. The Bertz CT molecular complexity index is 669. The molecule has 0 amide bonds. The highest BCUT2D eigenvalue weighted by Gasteiger charge is 2.17. The molecular weight excluding hydrogens is 402 g/mol. The van der Waals surface area contributed by atoms with Gasteiger partial charge in [0.05, 0.1) is 14.1 Å².